The minimum atomic E-state index is -0.820. The summed E-state index contributed by atoms with van der Waals surface area (Å²) in [4.78, 5) is 24.3. The van der Waals surface area contributed by atoms with Crippen molar-refractivity contribution in [3.05, 3.63) is 21.4 Å². The van der Waals surface area contributed by atoms with Gasteiger partial charge in [-0.25, -0.2) is 0 Å². The van der Waals surface area contributed by atoms with Crippen molar-refractivity contribution in [2.45, 2.75) is 33.6 Å². The van der Waals surface area contributed by atoms with Crippen LogP contribution in [-0.2, 0) is 4.79 Å². The maximum Gasteiger partial charge on any atom is 0.303 e. The third kappa shape index (κ3) is 4.14. The zero-order valence-electron chi connectivity index (χ0n) is 10.9. The molecule has 0 aliphatic heterocycles. The molecule has 0 fully saturated rings. The molecule has 5 heteroatoms. The van der Waals surface area contributed by atoms with E-state index in [1.807, 2.05) is 26.8 Å². The van der Waals surface area contributed by atoms with Crippen LogP contribution < -0.4 is 5.32 Å². The molecule has 1 aromatic rings. The van der Waals surface area contributed by atoms with Gasteiger partial charge in [-0.15, -0.1) is 11.3 Å². The lowest BCUT2D eigenvalue weighted by molar-refractivity contribution is -0.138. The topological polar surface area (TPSA) is 66.4 Å². The minimum absolute atomic E-state index is 0.00592. The summed E-state index contributed by atoms with van der Waals surface area (Å²) in [5, 5.41) is 11.5. The van der Waals surface area contributed by atoms with E-state index in [-0.39, 0.29) is 18.2 Å². The van der Waals surface area contributed by atoms with Gasteiger partial charge in [0.05, 0.1) is 4.88 Å². The van der Waals surface area contributed by atoms with Crippen molar-refractivity contribution in [2.75, 3.05) is 6.54 Å². The molecular weight excluding hydrogens is 250 g/mol. The maximum absolute atomic E-state index is 11.9. The number of hydrogen-bond donors (Lipinski definition) is 2. The van der Waals surface area contributed by atoms with Crippen LogP contribution >= 0.6 is 11.3 Å². The van der Waals surface area contributed by atoms with Crippen molar-refractivity contribution in [1.29, 1.82) is 0 Å². The van der Waals surface area contributed by atoms with Crippen LogP contribution in [0.15, 0.2) is 6.07 Å². The van der Waals surface area contributed by atoms with Gasteiger partial charge >= 0.3 is 5.97 Å². The molecule has 1 amide bonds. The van der Waals surface area contributed by atoms with Crippen molar-refractivity contribution in [2.24, 2.45) is 5.92 Å². The highest BCUT2D eigenvalue weighted by molar-refractivity contribution is 7.14. The van der Waals surface area contributed by atoms with Gasteiger partial charge in [0.25, 0.3) is 5.91 Å². The summed E-state index contributed by atoms with van der Waals surface area (Å²) in [6.07, 6.45) is 0.842. The summed E-state index contributed by atoms with van der Waals surface area (Å²) in [6, 6.07) is 1.87. The Morgan fingerprint density at radius 3 is 2.56 bits per heavy atom. The lowest BCUT2D eigenvalue weighted by Gasteiger charge is -2.12. The van der Waals surface area contributed by atoms with E-state index < -0.39 is 5.97 Å². The van der Waals surface area contributed by atoms with Crippen molar-refractivity contribution in [3.8, 4) is 0 Å². The fourth-order valence-corrected chi connectivity index (χ4v) is 2.57. The number of carbonyl (C=O) groups excluding carboxylic acids is 1. The number of carboxylic acid groups (broad SMARTS) is 1. The van der Waals surface area contributed by atoms with Crippen LogP contribution in [0.5, 0.6) is 0 Å². The number of carbonyl (C=O) groups is 2. The fraction of sp³-hybridized carbons (Fsp3) is 0.538. The first-order valence-electron chi connectivity index (χ1n) is 6.01. The van der Waals surface area contributed by atoms with Gasteiger partial charge in [-0.1, -0.05) is 13.3 Å². The van der Waals surface area contributed by atoms with Crippen molar-refractivity contribution in [3.63, 3.8) is 0 Å². The van der Waals surface area contributed by atoms with E-state index in [0.29, 0.717) is 11.4 Å². The highest BCUT2D eigenvalue weighted by Gasteiger charge is 2.14. The van der Waals surface area contributed by atoms with Crippen molar-refractivity contribution in [1.82, 2.24) is 5.32 Å². The zero-order chi connectivity index (χ0) is 13.7. The normalized spacial score (nSPS) is 12.2. The molecule has 0 aromatic carbocycles. The van der Waals surface area contributed by atoms with E-state index in [2.05, 4.69) is 5.32 Å². The minimum Gasteiger partial charge on any atom is -0.481 e. The van der Waals surface area contributed by atoms with E-state index in [9.17, 15) is 9.59 Å². The molecule has 1 unspecified atom stereocenters. The monoisotopic (exact) mass is 269 g/mol. The molecule has 0 saturated carbocycles. The summed E-state index contributed by atoms with van der Waals surface area (Å²) < 4.78 is 0. The van der Waals surface area contributed by atoms with Gasteiger partial charge in [-0.05, 0) is 31.4 Å². The van der Waals surface area contributed by atoms with E-state index in [0.717, 1.165) is 16.9 Å². The number of nitrogens with one attached hydrogen (secondary N) is 1. The molecule has 0 aliphatic rings. The Morgan fingerprint density at radius 2 is 2.11 bits per heavy atom. The van der Waals surface area contributed by atoms with Crippen LogP contribution in [0.1, 0.15) is 39.9 Å². The summed E-state index contributed by atoms with van der Waals surface area (Å²) in [7, 11) is 0. The molecular formula is C13H19NO3S. The Kier molecular flexibility index (Phi) is 5.34. The molecule has 4 nitrogen and oxygen atoms in total. The lowest BCUT2D eigenvalue weighted by atomic mass is 10.0. The summed E-state index contributed by atoms with van der Waals surface area (Å²) >= 11 is 1.47. The van der Waals surface area contributed by atoms with Gasteiger partial charge in [0.1, 0.15) is 0 Å². The second kappa shape index (κ2) is 6.54. The van der Waals surface area contributed by atoms with E-state index >= 15 is 0 Å². The second-order valence-corrected chi connectivity index (χ2v) is 5.69. The quantitative estimate of drug-likeness (QED) is 0.834. The molecule has 1 heterocycles. The zero-order valence-corrected chi connectivity index (χ0v) is 11.8. The number of amides is 1. The first-order chi connectivity index (χ1) is 8.43. The fourth-order valence-electron chi connectivity index (χ4n) is 1.62. The van der Waals surface area contributed by atoms with Crippen LogP contribution in [0.25, 0.3) is 0 Å². The first kappa shape index (κ1) is 14.7. The number of aliphatic carboxylic acids is 1. The van der Waals surface area contributed by atoms with E-state index in [1.54, 1.807) is 0 Å². The predicted octanol–water partition coefficient (Wildman–Crippen LogP) is 2.60. The van der Waals surface area contributed by atoms with Gasteiger partial charge in [0, 0.05) is 17.8 Å². The smallest absolute Gasteiger partial charge is 0.303 e. The molecule has 1 aromatic heterocycles. The highest BCUT2D eigenvalue weighted by atomic mass is 32.1. The Balaban J connectivity index is 2.52. The highest BCUT2D eigenvalue weighted by Crippen LogP contribution is 2.20. The number of carboxylic acids is 1. The molecule has 0 spiro atoms. The first-order valence-corrected chi connectivity index (χ1v) is 6.82. The summed E-state index contributed by atoms with van der Waals surface area (Å²) in [5.74, 6) is -0.937. The van der Waals surface area contributed by atoms with Crippen LogP contribution in [0.3, 0.4) is 0 Å². The van der Waals surface area contributed by atoms with Crippen LogP contribution in [-0.4, -0.2) is 23.5 Å². The molecule has 18 heavy (non-hydrogen) atoms. The maximum atomic E-state index is 11.9. The van der Waals surface area contributed by atoms with Crippen LogP contribution in [0, 0.1) is 19.8 Å². The Bertz CT molecular complexity index is 420. The van der Waals surface area contributed by atoms with Crippen LogP contribution in [0.2, 0.25) is 0 Å². The molecule has 1 rings (SSSR count). The number of hydrogen-bond acceptors (Lipinski definition) is 3. The van der Waals surface area contributed by atoms with Gasteiger partial charge in [0.15, 0.2) is 0 Å². The summed E-state index contributed by atoms with van der Waals surface area (Å²) in [6.45, 7) is 6.30. The molecule has 0 saturated heterocycles. The number of rotatable bonds is 6. The molecule has 100 valence electrons. The van der Waals surface area contributed by atoms with Crippen LogP contribution in [0.4, 0.5) is 0 Å². The number of aryl methyl sites for hydroxylation is 2. The van der Waals surface area contributed by atoms with E-state index in [1.165, 1.54) is 11.3 Å². The summed E-state index contributed by atoms with van der Waals surface area (Å²) in [5.41, 5.74) is 1.11. The molecule has 0 bridgehead atoms. The lowest BCUT2D eigenvalue weighted by Crippen LogP contribution is -2.29. The standard InChI is InChI=1S/C13H19NO3S/c1-4-10(6-12(15)16)7-14-13(17)11-5-8(2)9(3)18-11/h5,10H,4,6-7H2,1-3H3,(H,14,17)(H,15,16). The van der Waals surface area contributed by atoms with Gasteiger partial charge < -0.3 is 10.4 Å². The Hall–Kier alpha value is -1.36. The second-order valence-electron chi connectivity index (χ2n) is 4.43. The molecule has 2 N–H and O–H groups in total. The largest absolute Gasteiger partial charge is 0.481 e. The molecule has 0 radical (unpaired) electrons. The van der Waals surface area contributed by atoms with Crippen molar-refractivity contribution < 1.29 is 14.7 Å². The Labute approximate surface area is 111 Å². The SMILES string of the molecule is CCC(CNC(=O)c1cc(C)c(C)s1)CC(=O)O. The predicted molar refractivity (Wildman–Crippen MR) is 72.2 cm³/mol. The Morgan fingerprint density at radius 1 is 1.44 bits per heavy atom. The average molecular weight is 269 g/mol. The third-order valence-corrected chi connectivity index (χ3v) is 4.13. The van der Waals surface area contributed by atoms with Crippen molar-refractivity contribution >= 4 is 23.2 Å². The van der Waals surface area contributed by atoms with Gasteiger partial charge in [0.2, 0.25) is 0 Å². The van der Waals surface area contributed by atoms with Gasteiger partial charge in [-0.3, -0.25) is 9.59 Å². The van der Waals surface area contributed by atoms with Gasteiger partial charge in [-0.2, -0.15) is 0 Å². The van der Waals surface area contributed by atoms with E-state index in [4.69, 9.17) is 5.11 Å². The molecule has 0 aliphatic carbocycles. The number of thiophene rings is 1. The molecule has 1 atom stereocenters. The third-order valence-electron chi connectivity index (χ3n) is 2.98. The average Bonchev–Trinajstić information content (AvgIpc) is 2.64.